The van der Waals surface area contributed by atoms with Gasteiger partial charge in [0, 0.05) is 50.9 Å². The molecule has 0 fully saturated rings. The Morgan fingerprint density at radius 2 is 1.72 bits per heavy atom. The largest absolute Gasteiger partial charge is 0.241 e. The summed E-state index contributed by atoms with van der Waals surface area (Å²) in [6, 6.07) is 6.02. The minimum absolute atomic E-state index is 0. The molecule has 0 N–H and O–H groups in total. The number of hydrogen-bond acceptors (Lipinski definition) is 4. The summed E-state index contributed by atoms with van der Waals surface area (Å²) in [4.78, 5) is 8.94. The minimum Gasteiger partial charge on any atom is -0.241 e. The average molecular weight is 440 g/mol. The zero-order valence-corrected chi connectivity index (χ0v) is 18.8. The predicted molar refractivity (Wildman–Crippen MR) is 94.1 cm³/mol. The van der Waals surface area contributed by atoms with Crippen LogP contribution in [0.5, 0.6) is 0 Å². The van der Waals surface area contributed by atoms with Gasteiger partial charge >= 0.3 is 0 Å². The van der Waals surface area contributed by atoms with E-state index in [9.17, 15) is 12.8 Å². The van der Waals surface area contributed by atoms with E-state index in [2.05, 4.69) is 9.97 Å². The van der Waals surface area contributed by atoms with E-state index in [1.807, 2.05) is 20.8 Å². The van der Waals surface area contributed by atoms with Gasteiger partial charge in [0.05, 0.1) is 17.6 Å². The molecule has 0 saturated carbocycles. The Bertz CT molecular complexity index is 840. The number of rotatable bonds is 5. The molecule has 0 aliphatic carbocycles. The zero-order chi connectivity index (χ0) is 18.1. The number of hydrogen-bond donors (Lipinski definition) is 0. The fourth-order valence-corrected chi connectivity index (χ4v) is 2.83. The molecule has 1 radical (unpaired) electrons. The molecule has 5 nitrogen and oxygen atoms in total. The topological polar surface area (TPSA) is 63.2 Å². The van der Waals surface area contributed by atoms with Crippen LogP contribution in [0.2, 0.25) is 0 Å². The first-order chi connectivity index (χ1) is 11.1. The average Bonchev–Trinajstić information content (AvgIpc) is 2.52. The number of nitrogens with zero attached hydrogens (tertiary/aromatic N) is 3. The monoisotopic (exact) mass is 440 g/mol. The van der Waals surface area contributed by atoms with Crippen LogP contribution < -0.4 is 4.31 Å². The van der Waals surface area contributed by atoms with Gasteiger partial charge in [0.1, 0.15) is 5.82 Å². The van der Waals surface area contributed by atoms with E-state index in [4.69, 9.17) is 0 Å². The van der Waals surface area contributed by atoms with Crippen LogP contribution in [0, 0.1) is 5.82 Å². The molecule has 0 bridgehead atoms. The van der Waals surface area contributed by atoms with E-state index < -0.39 is 10.0 Å². The Labute approximate surface area is 174 Å². The van der Waals surface area contributed by atoms with Crippen LogP contribution in [0.1, 0.15) is 37.9 Å². The third kappa shape index (κ3) is 5.05. The summed E-state index contributed by atoms with van der Waals surface area (Å²) in [5.41, 5.74) is 3.13. The third-order valence-electron chi connectivity index (χ3n) is 3.82. The summed E-state index contributed by atoms with van der Waals surface area (Å²) in [7, 11) is -2.05. The predicted octanol–water partition coefficient (Wildman–Crippen LogP) is 3.36. The molecule has 0 spiro atoms. The molecule has 25 heavy (non-hydrogen) atoms. The van der Waals surface area contributed by atoms with Crippen molar-refractivity contribution in [1.29, 1.82) is 0 Å². The van der Waals surface area contributed by atoms with E-state index in [-0.39, 0.29) is 50.4 Å². The maximum atomic E-state index is 13.2. The Balaban J connectivity index is 0.00000312. The molecule has 0 aliphatic rings. The van der Waals surface area contributed by atoms with Crippen molar-refractivity contribution in [2.45, 2.75) is 33.1 Å². The van der Waals surface area contributed by atoms with Gasteiger partial charge < -0.3 is 0 Å². The molecular formula is C17H22FN3O2SY. The number of aromatic nitrogens is 2. The second kappa shape index (κ2) is 8.65. The summed E-state index contributed by atoms with van der Waals surface area (Å²) in [6.45, 7) is 6.00. The molecule has 2 rings (SSSR count). The summed E-state index contributed by atoms with van der Waals surface area (Å²) < 4.78 is 38.0. The van der Waals surface area contributed by atoms with Gasteiger partial charge in [0.15, 0.2) is 0 Å². The zero-order valence-electron chi connectivity index (χ0n) is 15.1. The first kappa shape index (κ1) is 22.1. The van der Waals surface area contributed by atoms with Crippen LogP contribution in [0.4, 0.5) is 10.3 Å². The van der Waals surface area contributed by atoms with Crippen LogP contribution >= 0.6 is 0 Å². The second-order valence-electron chi connectivity index (χ2n) is 5.98. The minimum atomic E-state index is -3.48. The molecule has 8 heteroatoms. The molecular weight excluding hydrogens is 418 g/mol. The third-order valence-corrected chi connectivity index (χ3v) is 4.98. The second-order valence-corrected chi connectivity index (χ2v) is 8.00. The smallest absolute Gasteiger partial charge is 0.239 e. The Kier molecular flexibility index (Phi) is 7.65. The summed E-state index contributed by atoms with van der Waals surface area (Å²) in [5.74, 6) is -0.102. The van der Waals surface area contributed by atoms with Gasteiger partial charge in [0.2, 0.25) is 16.0 Å². The van der Waals surface area contributed by atoms with Gasteiger partial charge in [0.25, 0.3) is 0 Å². The quantitative estimate of drug-likeness (QED) is 0.716. The van der Waals surface area contributed by atoms with E-state index >= 15 is 0 Å². The molecule has 0 aliphatic heterocycles. The van der Waals surface area contributed by atoms with E-state index in [1.165, 1.54) is 19.2 Å². The standard InChI is InChI=1S/C17H22FN3O2S.Y/c1-6-14-15(11(2)3)19-17(21(4)24(5,22)23)20-16(14)12-7-9-13(18)10-8-12;/h7-11H,6H2,1-5H3;. The van der Waals surface area contributed by atoms with Crippen molar-refractivity contribution >= 4 is 16.0 Å². The molecule has 2 aromatic rings. The summed E-state index contributed by atoms with van der Waals surface area (Å²) in [5, 5.41) is 0. The number of sulfonamides is 1. The van der Waals surface area contributed by atoms with Crippen LogP contribution in [-0.4, -0.2) is 31.7 Å². The molecule has 1 heterocycles. The molecule has 0 atom stereocenters. The molecule has 0 unspecified atom stereocenters. The first-order valence-corrected chi connectivity index (χ1v) is 9.60. The van der Waals surface area contributed by atoms with E-state index in [0.29, 0.717) is 12.1 Å². The maximum absolute atomic E-state index is 13.2. The van der Waals surface area contributed by atoms with Crippen LogP contribution in [0.3, 0.4) is 0 Å². The van der Waals surface area contributed by atoms with Crippen molar-refractivity contribution < 1.29 is 45.5 Å². The van der Waals surface area contributed by atoms with Crippen molar-refractivity contribution in [2.75, 3.05) is 17.6 Å². The van der Waals surface area contributed by atoms with Crippen LogP contribution in [-0.2, 0) is 49.2 Å². The van der Waals surface area contributed by atoms with Gasteiger partial charge in [-0.1, -0.05) is 20.8 Å². The Morgan fingerprint density at radius 3 is 2.16 bits per heavy atom. The fraction of sp³-hybridized carbons (Fsp3) is 0.412. The Morgan fingerprint density at radius 1 is 1.16 bits per heavy atom. The first-order valence-electron chi connectivity index (χ1n) is 7.75. The van der Waals surface area contributed by atoms with Crippen molar-refractivity contribution in [3.05, 3.63) is 41.3 Å². The molecule has 133 valence electrons. The van der Waals surface area contributed by atoms with Crippen molar-refractivity contribution in [3.63, 3.8) is 0 Å². The summed E-state index contributed by atoms with van der Waals surface area (Å²) in [6.07, 6.45) is 1.81. The van der Waals surface area contributed by atoms with Gasteiger partial charge in [-0.25, -0.2) is 27.1 Å². The molecule has 0 saturated heterocycles. The van der Waals surface area contributed by atoms with Gasteiger partial charge in [-0.2, -0.15) is 0 Å². The number of halogens is 1. The number of anilines is 1. The van der Waals surface area contributed by atoms with Crippen molar-refractivity contribution in [3.8, 4) is 11.3 Å². The van der Waals surface area contributed by atoms with Crippen molar-refractivity contribution in [2.24, 2.45) is 0 Å². The normalized spacial score (nSPS) is 11.3. The van der Waals surface area contributed by atoms with Crippen LogP contribution in [0.15, 0.2) is 24.3 Å². The van der Waals surface area contributed by atoms with Gasteiger partial charge in [-0.05, 0) is 36.6 Å². The fourth-order valence-electron chi connectivity index (χ4n) is 2.45. The van der Waals surface area contributed by atoms with Crippen molar-refractivity contribution in [1.82, 2.24) is 9.97 Å². The maximum Gasteiger partial charge on any atom is 0.239 e. The molecule has 1 aromatic heterocycles. The van der Waals surface area contributed by atoms with Gasteiger partial charge in [-0.15, -0.1) is 0 Å². The van der Waals surface area contributed by atoms with E-state index in [0.717, 1.165) is 27.4 Å². The number of benzene rings is 1. The molecule has 0 amide bonds. The van der Waals surface area contributed by atoms with E-state index in [1.54, 1.807) is 12.1 Å². The van der Waals surface area contributed by atoms with Crippen LogP contribution in [0.25, 0.3) is 11.3 Å². The molecule has 1 aromatic carbocycles. The summed E-state index contributed by atoms with van der Waals surface area (Å²) >= 11 is 0. The van der Waals surface area contributed by atoms with Gasteiger partial charge in [-0.3, -0.25) is 0 Å². The SMILES string of the molecule is CCc1c(-c2ccc(F)cc2)nc(N(C)S(C)(=O)=O)nc1C(C)C.[Y]. The Hall–Kier alpha value is -0.916.